The second kappa shape index (κ2) is 24.8. The van der Waals surface area contributed by atoms with E-state index in [9.17, 15) is 44.1 Å². The summed E-state index contributed by atoms with van der Waals surface area (Å²) in [5.41, 5.74) is 4.84. The van der Waals surface area contributed by atoms with Gasteiger partial charge in [0.15, 0.2) is 5.78 Å². The first-order valence-electron chi connectivity index (χ1n) is 12.4. The lowest BCUT2D eigenvalue weighted by molar-refractivity contribution is -0.177. The van der Waals surface area contributed by atoms with E-state index in [1.165, 1.54) is 6.92 Å². The molecule has 8 N–H and O–H groups in total. The molecule has 0 rings (SSSR count). The molecule has 0 saturated carbocycles. The summed E-state index contributed by atoms with van der Waals surface area (Å²) in [6, 6.07) is -4.40. The van der Waals surface area contributed by atoms with Gasteiger partial charge in [-0.1, -0.05) is 43.2 Å². The summed E-state index contributed by atoms with van der Waals surface area (Å²) in [4.78, 5) is 74.6. The number of carbonyl (C=O) groups excluding carboxylic acids is 6. The molecular formula is C21H37N5O9S9. The number of hydrogen-bond acceptors (Lipinski definition) is 22. The summed E-state index contributed by atoms with van der Waals surface area (Å²) < 4.78 is 0. The minimum atomic E-state index is -2.71. The maximum Gasteiger partial charge on any atom is 0.281 e. The SMILES string of the molecule is C[C@@H](O)[C@H](NNCC(=O)C(=O)[C@H](CS)NCSS)C(=O)C(=O)[C@H](CS)NCSSCC(=O)[C@H](CS)NC(=O)C(O)(O)CSS. The normalized spacial score (nSPS) is 15.1. The molecule has 0 aromatic carbocycles. The van der Waals surface area contributed by atoms with E-state index in [1.807, 2.05) is 0 Å². The highest BCUT2D eigenvalue weighted by atomic mass is 33.1. The van der Waals surface area contributed by atoms with E-state index in [-0.39, 0.29) is 28.9 Å². The summed E-state index contributed by atoms with van der Waals surface area (Å²) >= 11 is 19.9. The van der Waals surface area contributed by atoms with Crippen LogP contribution in [0.15, 0.2) is 0 Å². The monoisotopic (exact) mass is 791 g/mol. The van der Waals surface area contributed by atoms with E-state index in [0.29, 0.717) is 5.88 Å². The smallest absolute Gasteiger partial charge is 0.281 e. The van der Waals surface area contributed by atoms with Gasteiger partial charge in [0.1, 0.15) is 6.04 Å². The fraction of sp³-hybridized carbons (Fsp3) is 0.714. The molecule has 0 aliphatic carbocycles. The molecule has 0 heterocycles. The molecule has 1 amide bonds. The highest BCUT2D eigenvalue weighted by Crippen LogP contribution is 2.21. The zero-order valence-corrected chi connectivity index (χ0v) is 30.9. The average Bonchev–Trinajstić information content (AvgIpc) is 2.98. The zero-order chi connectivity index (χ0) is 33.9. The molecular weight excluding hydrogens is 755 g/mol. The molecule has 14 nitrogen and oxygen atoms in total. The van der Waals surface area contributed by atoms with Crippen LogP contribution in [0, 0.1) is 0 Å². The second-order valence-electron chi connectivity index (χ2n) is 8.67. The number of Topliss-reactive ketones (excluding diaryl/α,β-unsaturated/α-hetero) is 5. The first kappa shape index (κ1) is 44.7. The first-order valence-corrected chi connectivity index (χ1v) is 20.8. The number of carbonyl (C=O) groups is 6. The number of thiol groups is 5. The third kappa shape index (κ3) is 16.7. The molecule has 0 aliphatic heterocycles. The van der Waals surface area contributed by atoms with Crippen molar-refractivity contribution in [3.63, 3.8) is 0 Å². The lowest BCUT2D eigenvalue weighted by atomic mass is 10.0. The number of hydrogen-bond donors (Lipinski definition) is 13. The van der Waals surface area contributed by atoms with E-state index < -0.39 is 83.2 Å². The molecule has 44 heavy (non-hydrogen) atoms. The second-order valence-corrected chi connectivity index (χ2v) is 14.9. The number of hydrazine groups is 1. The van der Waals surface area contributed by atoms with Gasteiger partial charge >= 0.3 is 0 Å². The molecule has 0 radical (unpaired) electrons. The topological polar surface area (TPSA) is 223 Å². The van der Waals surface area contributed by atoms with E-state index >= 15 is 0 Å². The maximum absolute atomic E-state index is 12.8. The third-order valence-electron chi connectivity index (χ3n) is 5.36. The largest absolute Gasteiger partial charge is 0.391 e. The van der Waals surface area contributed by atoms with Gasteiger partial charge in [0, 0.05) is 17.3 Å². The molecule has 254 valence electrons. The fourth-order valence-electron chi connectivity index (χ4n) is 2.91. The van der Waals surface area contributed by atoms with Gasteiger partial charge < -0.3 is 20.6 Å². The Morgan fingerprint density at radius 1 is 0.795 bits per heavy atom. The van der Waals surface area contributed by atoms with Gasteiger partial charge in [0.2, 0.25) is 23.1 Å². The summed E-state index contributed by atoms with van der Waals surface area (Å²) in [6.07, 6.45) is -1.35. The number of aliphatic hydroxyl groups is 3. The maximum atomic E-state index is 12.8. The van der Waals surface area contributed by atoms with E-state index in [0.717, 1.165) is 43.2 Å². The van der Waals surface area contributed by atoms with Gasteiger partial charge in [-0.2, -0.15) is 37.9 Å². The minimum absolute atomic E-state index is 0.0708. The zero-order valence-electron chi connectivity index (χ0n) is 23.2. The van der Waals surface area contributed by atoms with Crippen LogP contribution in [0.25, 0.3) is 0 Å². The summed E-state index contributed by atoms with van der Waals surface area (Å²) in [7, 11) is 4.07. The molecule has 0 saturated heterocycles. The third-order valence-corrected chi connectivity index (χ3v) is 10.1. The Labute approximate surface area is 298 Å². The highest BCUT2D eigenvalue weighted by molar-refractivity contribution is 8.76. The van der Waals surface area contributed by atoms with Crippen molar-refractivity contribution in [2.45, 2.75) is 43.0 Å². The Kier molecular flexibility index (Phi) is 25.2. The van der Waals surface area contributed by atoms with Crippen molar-refractivity contribution in [3.05, 3.63) is 0 Å². The quantitative estimate of drug-likeness (QED) is 0.0108. The molecule has 0 aliphatic rings. The van der Waals surface area contributed by atoms with Crippen LogP contribution in [0.2, 0.25) is 0 Å². The molecule has 0 bridgehead atoms. The summed E-state index contributed by atoms with van der Waals surface area (Å²) in [6.45, 7) is 0.749. The van der Waals surface area contributed by atoms with Crippen LogP contribution >= 0.6 is 104 Å². The molecule has 0 fully saturated rings. The van der Waals surface area contributed by atoms with Crippen LogP contribution in [0.5, 0.6) is 0 Å². The van der Waals surface area contributed by atoms with Crippen molar-refractivity contribution in [2.75, 3.05) is 47.1 Å². The Morgan fingerprint density at radius 2 is 1.36 bits per heavy atom. The van der Waals surface area contributed by atoms with E-state index in [1.54, 1.807) is 0 Å². The minimum Gasteiger partial charge on any atom is -0.391 e. The van der Waals surface area contributed by atoms with Gasteiger partial charge in [0.25, 0.3) is 11.7 Å². The van der Waals surface area contributed by atoms with E-state index in [4.69, 9.17) is 0 Å². The number of amides is 1. The van der Waals surface area contributed by atoms with Crippen molar-refractivity contribution in [3.8, 4) is 0 Å². The van der Waals surface area contributed by atoms with Gasteiger partial charge in [-0.15, -0.1) is 23.3 Å². The van der Waals surface area contributed by atoms with Crippen LogP contribution in [0.1, 0.15) is 6.92 Å². The molecule has 0 aromatic heterocycles. The number of aliphatic hydroxyl groups excluding tert-OH is 1. The lowest BCUT2D eigenvalue weighted by Gasteiger charge is -2.23. The van der Waals surface area contributed by atoms with Gasteiger partial charge in [0.05, 0.1) is 54.0 Å². The van der Waals surface area contributed by atoms with E-state index in [2.05, 4.69) is 88.0 Å². The lowest BCUT2D eigenvalue weighted by Crippen LogP contribution is -2.57. The number of nitrogens with one attached hydrogen (secondary N) is 5. The standard InChI is InChI=1S/C21H37N5O9S9/c1-10(27)16(26-24-2-14(28)17(30)12(4-37)22-8-42-40)19(32)18(31)13(5-38)23-9-44-43-6-15(29)11(3-36)25-20(33)21(34,35)7-41-39/h10-13,16,22-24,26-27,34-40H,2-9H2,1H3,(H,25,33)/t10-,11+,12+,13+,16+/m1/s1. The molecule has 0 unspecified atom stereocenters. The van der Waals surface area contributed by atoms with Crippen LogP contribution in [0.4, 0.5) is 0 Å². The number of ketones is 5. The molecule has 5 atom stereocenters. The van der Waals surface area contributed by atoms with Crippen molar-refractivity contribution in [2.24, 2.45) is 0 Å². The van der Waals surface area contributed by atoms with Crippen molar-refractivity contribution in [1.29, 1.82) is 0 Å². The average molecular weight is 792 g/mol. The number of rotatable bonds is 27. The van der Waals surface area contributed by atoms with Gasteiger partial charge in [-0.25, -0.2) is 10.9 Å². The van der Waals surface area contributed by atoms with Crippen LogP contribution < -0.4 is 26.8 Å². The Morgan fingerprint density at radius 3 is 1.89 bits per heavy atom. The van der Waals surface area contributed by atoms with Crippen LogP contribution in [0.3, 0.4) is 0 Å². The van der Waals surface area contributed by atoms with Gasteiger partial charge in [-0.3, -0.25) is 39.4 Å². The van der Waals surface area contributed by atoms with Crippen LogP contribution in [-0.4, -0.2) is 133 Å². The predicted molar refractivity (Wildman–Crippen MR) is 194 cm³/mol. The highest BCUT2D eigenvalue weighted by Gasteiger charge is 2.36. The summed E-state index contributed by atoms with van der Waals surface area (Å²) in [5, 5.41) is 37.4. The first-order chi connectivity index (χ1) is 20.7. The Bertz CT molecular complexity index is 968. The Hall–Kier alpha value is 0.690. The molecule has 23 heteroatoms. The van der Waals surface area contributed by atoms with Gasteiger partial charge in [-0.05, 0) is 6.92 Å². The predicted octanol–water partition coefficient (Wildman–Crippen LogP) is -2.00. The van der Waals surface area contributed by atoms with Crippen molar-refractivity contribution < 1.29 is 44.1 Å². The fourth-order valence-corrected chi connectivity index (χ4v) is 6.95. The van der Waals surface area contributed by atoms with Crippen LogP contribution in [-0.2, 0) is 28.8 Å². The molecule has 0 spiro atoms. The van der Waals surface area contributed by atoms with Crippen molar-refractivity contribution >= 4 is 139 Å². The van der Waals surface area contributed by atoms with Crippen molar-refractivity contribution in [1.82, 2.24) is 26.8 Å². The molecule has 0 aromatic rings. The summed E-state index contributed by atoms with van der Waals surface area (Å²) in [5.74, 6) is -7.97. The Balaban J connectivity index is 4.85.